The summed E-state index contributed by atoms with van der Waals surface area (Å²) in [4.78, 5) is 17.7. The molecule has 0 aliphatic carbocycles. The van der Waals surface area contributed by atoms with Crippen molar-refractivity contribution in [3.05, 3.63) is 76.1 Å². The van der Waals surface area contributed by atoms with E-state index in [4.69, 9.17) is 9.72 Å². The maximum atomic E-state index is 12.8. The third-order valence-corrected chi connectivity index (χ3v) is 4.94. The fourth-order valence-electron chi connectivity index (χ4n) is 3.45. The molecule has 0 fully saturated rings. The van der Waals surface area contributed by atoms with Crippen LogP contribution in [0.2, 0.25) is 0 Å². The Morgan fingerprint density at radius 1 is 1.21 bits per heavy atom. The number of H-pyrrole nitrogens is 1. The molecule has 28 heavy (non-hydrogen) atoms. The minimum atomic E-state index is -0.136. The summed E-state index contributed by atoms with van der Waals surface area (Å²) in [5, 5.41) is 7.49. The summed E-state index contributed by atoms with van der Waals surface area (Å²) in [5.74, 6) is 0.0423. The van der Waals surface area contributed by atoms with E-state index in [9.17, 15) is 4.79 Å². The highest BCUT2D eigenvalue weighted by Crippen LogP contribution is 2.28. The maximum Gasteiger partial charge on any atom is 0.272 e. The highest BCUT2D eigenvalue weighted by molar-refractivity contribution is 5.79. The zero-order valence-electron chi connectivity index (χ0n) is 16.2. The van der Waals surface area contributed by atoms with Gasteiger partial charge in [0.1, 0.15) is 0 Å². The Morgan fingerprint density at radius 3 is 2.68 bits per heavy atom. The number of benzene rings is 1. The van der Waals surface area contributed by atoms with E-state index in [1.54, 1.807) is 19.4 Å². The predicted molar refractivity (Wildman–Crippen MR) is 107 cm³/mol. The Hall–Kier alpha value is -3.19. The SMILES string of the molecule is COCc1[nH]n2c(=O)cc([C@H](C)Cn3nccc3C)nc2c1-c1ccccc1. The summed E-state index contributed by atoms with van der Waals surface area (Å²) in [6, 6.07) is 13.5. The van der Waals surface area contributed by atoms with Gasteiger partial charge in [0.25, 0.3) is 5.56 Å². The Labute approximate surface area is 162 Å². The van der Waals surface area contributed by atoms with Gasteiger partial charge in [-0.25, -0.2) is 9.50 Å². The number of hydrogen-bond acceptors (Lipinski definition) is 4. The number of nitrogens with one attached hydrogen (secondary N) is 1. The molecule has 0 unspecified atom stereocenters. The Bertz CT molecular complexity index is 1160. The molecule has 0 aliphatic heterocycles. The molecule has 7 nitrogen and oxygen atoms in total. The van der Waals surface area contributed by atoms with Crippen molar-refractivity contribution in [2.45, 2.75) is 32.9 Å². The molecule has 0 spiro atoms. The highest BCUT2D eigenvalue weighted by Gasteiger charge is 2.19. The van der Waals surface area contributed by atoms with Crippen LogP contribution >= 0.6 is 0 Å². The lowest BCUT2D eigenvalue weighted by atomic mass is 10.1. The van der Waals surface area contributed by atoms with Gasteiger partial charge in [-0.2, -0.15) is 5.10 Å². The molecule has 7 heteroatoms. The van der Waals surface area contributed by atoms with E-state index in [1.807, 2.05) is 48.0 Å². The second kappa shape index (κ2) is 7.44. The topological polar surface area (TPSA) is 77.2 Å². The summed E-state index contributed by atoms with van der Waals surface area (Å²) in [6.45, 7) is 5.11. The predicted octanol–water partition coefficient (Wildman–Crippen LogP) is 3.14. The lowest BCUT2D eigenvalue weighted by Crippen LogP contribution is -2.18. The molecule has 1 atom stereocenters. The first-order valence-corrected chi connectivity index (χ1v) is 9.25. The number of aromatic nitrogens is 5. The van der Waals surface area contributed by atoms with Crippen LogP contribution in [0.15, 0.2) is 53.5 Å². The summed E-state index contributed by atoms with van der Waals surface area (Å²) in [7, 11) is 1.64. The van der Waals surface area contributed by atoms with E-state index in [2.05, 4.69) is 17.1 Å². The molecule has 4 rings (SSSR count). The number of methoxy groups -OCH3 is 1. The average Bonchev–Trinajstić information content (AvgIpc) is 3.26. The van der Waals surface area contributed by atoms with Crippen LogP contribution < -0.4 is 5.56 Å². The van der Waals surface area contributed by atoms with Crippen LogP contribution in [0.5, 0.6) is 0 Å². The van der Waals surface area contributed by atoms with Crippen LogP contribution in [-0.4, -0.2) is 31.5 Å². The molecule has 0 saturated carbocycles. The number of hydrogen-bond donors (Lipinski definition) is 1. The van der Waals surface area contributed by atoms with Crippen molar-refractivity contribution in [3.8, 4) is 11.1 Å². The van der Waals surface area contributed by atoms with Gasteiger partial charge in [0, 0.05) is 43.1 Å². The van der Waals surface area contributed by atoms with Gasteiger partial charge in [-0.3, -0.25) is 14.6 Å². The average molecular weight is 377 g/mol. The quantitative estimate of drug-likeness (QED) is 0.560. The third-order valence-electron chi connectivity index (χ3n) is 4.94. The molecular weight excluding hydrogens is 354 g/mol. The molecule has 3 heterocycles. The standard InChI is InChI=1S/C21H23N5O2/c1-14(12-25-15(2)9-10-22-25)17-11-19(27)26-21(23-17)20(18(24-26)13-28-3)16-7-5-4-6-8-16/h4-11,14,24H,12-13H2,1-3H3/t14-/m1/s1. The number of aryl methyl sites for hydroxylation is 1. The highest BCUT2D eigenvalue weighted by atomic mass is 16.5. The van der Waals surface area contributed by atoms with Crippen LogP contribution in [0.25, 0.3) is 16.8 Å². The van der Waals surface area contributed by atoms with Crippen molar-refractivity contribution >= 4 is 5.65 Å². The normalized spacial score (nSPS) is 12.5. The molecule has 144 valence electrons. The van der Waals surface area contributed by atoms with Gasteiger partial charge in [-0.15, -0.1) is 0 Å². The van der Waals surface area contributed by atoms with Crippen molar-refractivity contribution in [3.63, 3.8) is 0 Å². The van der Waals surface area contributed by atoms with Crippen molar-refractivity contribution in [1.82, 2.24) is 24.4 Å². The fourth-order valence-corrected chi connectivity index (χ4v) is 3.45. The van der Waals surface area contributed by atoms with Gasteiger partial charge in [0.15, 0.2) is 5.65 Å². The molecule has 0 saturated heterocycles. The van der Waals surface area contributed by atoms with Crippen molar-refractivity contribution in [2.24, 2.45) is 0 Å². The van der Waals surface area contributed by atoms with Gasteiger partial charge in [-0.05, 0) is 18.6 Å². The molecule has 0 aliphatic rings. The Kier molecular flexibility index (Phi) is 4.83. The van der Waals surface area contributed by atoms with Crippen LogP contribution in [0.4, 0.5) is 0 Å². The van der Waals surface area contributed by atoms with E-state index in [0.29, 0.717) is 18.8 Å². The molecule has 3 aromatic heterocycles. The Balaban J connectivity index is 1.85. The van der Waals surface area contributed by atoms with Crippen molar-refractivity contribution in [1.29, 1.82) is 0 Å². The van der Waals surface area contributed by atoms with Gasteiger partial charge in [0.05, 0.1) is 18.0 Å². The second-order valence-corrected chi connectivity index (χ2v) is 7.00. The zero-order chi connectivity index (χ0) is 19.7. The molecule has 0 bridgehead atoms. The number of aromatic amines is 1. The molecule has 4 aromatic rings. The first kappa shape index (κ1) is 18.2. The van der Waals surface area contributed by atoms with Crippen LogP contribution in [0.3, 0.4) is 0 Å². The Morgan fingerprint density at radius 2 is 2.00 bits per heavy atom. The van der Waals surface area contributed by atoms with E-state index in [0.717, 1.165) is 28.2 Å². The van der Waals surface area contributed by atoms with E-state index >= 15 is 0 Å². The maximum absolute atomic E-state index is 12.8. The van der Waals surface area contributed by atoms with E-state index in [-0.39, 0.29) is 11.5 Å². The minimum absolute atomic E-state index is 0.0423. The number of rotatable bonds is 6. The second-order valence-electron chi connectivity index (χ2n) is 7.00. The molecule has 1 N–H and O–H groups in total. The fraction of sp³-hybridized carbons (Fsp3) is 0.286. The summed E-state index contributed by atoms with van der Waals surface area (Å²) in [5.41, 5.74) is 5.02. The van der Waals surface area contributed by atoms with Gasteiger partial charge in [0.2, 0.25) is 0 Å². The smallest absolute Gasteiger partial charge is 0.272 e. The number of fused-ring (bicyclic) bond motifs is 1. The monoisotopic (exact) mass is 377 g/mol. The molecule has 0 amide bonds. The summed E-state index contributed by atoms with van der Waals surface area (Å²) < 4.78 is 8.76. The summed E-state index contributed by atoms with van der Waals surface area (Å²) in [6.07, 6.45) is 1.78. The van der Waals surface area contributed by atoms with Crippen molar-refractivity contribution in [2.75, 3.05) is 7.11 Å². The molecule has 0 radical (unpaired) electrons. The first-order valence-electron chi connectivity index (χ1n) is 9.25. The zero-order valence-corrected chi connectivity index (χ0v) is 16.2. The lowest BCUT2D eigenvalue weighted by Gasteiger charge is -2.13. The van der Waals surface area contributed by atoms with Gasteiger partial charge in [-0.1, -0.05) is 37.3 Å². The lowest BCUT2D eigenvalue weighted by molar-refractivity contribution is 0.181. The number of ether oxygens (including phenoxy) is 1. The number of nitrogens with zero attached hydrogens (tertiary/aromatic N) is 4. The minimum Gasteiger partial charge on any atom is -0.378 e. The van der Waals surface area contributed by atoms with Gasteiger partial charge >= 0.3 is 0 Å². The van der Waals surface area contributed by atoms with Crippen LogP contribution in [-0.2, 0) is 17.9 Å². The van der Waals surface area contributed by atoms with E-state index < -0.39 is 0 Å². The third kappa shape index (κ3) is 3.25. The van der Waals surface area contributed by atoms with Gasteiger partial charge < -0.3 is 4.74 Å². The van der Waals surface area contributed by atoms with Crippen molar-refractivity contribution < 1.29 is 4.74 Å². The largest absolute Gasteiger partial charge is 0.378 e. The molecular formula is C21H23N5O2. The summed E-state index contributed by atoms with van der Waals surface area (Å²) >= 11 is 0. The van der Waals surface area contributed by atoms with Crippen LogP contribution in [0, 0.1) is 6.92 Å². The first-order chi connectivity index (χ1) is 13.6. The molecule has 1 aromatic carbocycles. The van der Waals surface area contributed by atoms with E-state index in [1.165, 1.54) is 4.52 Å². The van der Waals surface area contributed by atoms with Crippen LogP contribution in [0.1, 0.15) is 29.9 Å².